The van der Waals surface area contributed by atoms with Crippen molar-refractivity contribution in [2.45, 2.75) is 26.2 Å². The molecule has 72 valence electrons. The highest BCUT2D eigenvalue weighted by Crippen LogP contribution is 2.52. The number of hydrogen-bond donors (Lipinski definition) is 1. The Morgan fingerprint density at radius 2 is 2.38 bits per heavy atom. The predicted molar refractivity (Wildman–Crippen MR) is 54.3 cm³/mol. The zero-order chi connectivity index (χ0) is 9.31. The Morgan fingerprint density at radius 3 is 2.85 bits per heavy atom. The first kappa shape index (κ1) is 9.01. The van der Waals surface area contributed by atoms with Crippen molar-refractivity contribution in [2.24, 2.45) is 17.3 Å². The molecule has 1 nitrogen and oxygen atoms in total. The van der Waals surface area contributed by atoms with Gasteiger partial charge in [-0.25, -0.2) is 0 Å². The van der Waals surface area contributed by atoms with E-state index in [1.54, 1.807) is 0 Å². The van der Waals surface area contributed by atoms with Crippen LogP contribution in [0.15, 0.2) is 24.3 Å². The summed E-state index contributed by atoms with van der Waals surface area (Å²) < 4.78 is 0. The fourth-order valence-corrected chi connectivity index (χ4v) is 2.77. The summed E-state index contributed by atoms with van der Waals surface area (Å²) in [5.74, 6) is 1.34. The van der Waals surface area contributed by atoms with Gasteiger partial charge in [-0.2, -0.15) is 0 Å². The average molecular weight is 178 g/mol. The summed E-state index contributed by atoms with van der Waals surface area (Å²) in [6, 6.07) is 0. The lowest BCUT2D eigenvalue weighted by atomic mass is 9.76. The number of allylic oxidation sites excluding steroid dienone is 3. The molecule has 2 aliphatic carbocycles. The van der Waals surface area contributed by atoms with Gasteiger partial charge in [-0.1, -0.05) is 31.2 Å². The van der Waals surface area contributed by atoms with Crippen molar-refractivity contribution in [3.8, 4) is 0 Å². The molecular formula is C12H18O. The Kier molecular flexibility index (Phi) is 2.29. The van der Waals surface area contributed by atoms with E-state index in [0.29, 0.717) is 12.5 Å². The topological polar surface area (TPSA) is 20.2 Å². The van der Waals surface area contributed by atoms with Gasteiger partial charge in [-0.15, -0.1) is 0 Å². The van der Waals surface area contributed by atoms with E-state index in [9.17, 15) is 5.11 Å². The van der Waals surface area contributed by atoms with Gasteiger partial charge in [0.1, 0.15) is 0 Å². The van der Waals surface area contributed by atoms with Crippen molar-refractivity contribution in [3.63, 3.8) is 0 Å². The van der Waals surface area contributed by atoms with Gasteiger partial charge < -0.3 is 5.11 Å². The first-order valence-electron chi connectivity index (χ1n) is 5.27. The molecule has 2 bridgehead atoms. The second-order valence-corrected chi connectivity index (χ2v) is 4.39. The molecule has 0 heterocycles. The van der Waals surface area contributed by atoms with Gasteiger partial charge in [0.15, 0.2) is 0 Å². The first-order valence-corrected chi connectivity index (χ1v) is 5.27. The van der Waals surface area contributed by atoms with Crippen LogP contribution in [0, 0.1) is 17.3 Å². The number of aliphatic hydroxyl groups excluding tert-OH is 1. The molecule has 0 aromatic heterocycles. The van der Waals surface area contributed by atoms with E-state index in [0.717, 1.165) is 18.8 Å². The summed E-state index contributed by atoms with van der Waals surface area (Å²) in [4.78, 5) is 0. The van der Waals surface area contributed by atoms with E-state index in [4.69, 9.17) is 0 Å². The van der Waals surface area contributed by atoms with Crippen LogP contribution in [0.2, 0.25) is 0 Å². The Balaban J connectivity index is 2.17. The Hall–Kier alpha value is -0.560. The Labute approximate surface area is 80.2 Å². The van der Waals surface area contributed by atoms with E-state index in [-0.39, 0.29) is 5.41 Å². The normalized spacial score (nSPS) is 42.3. The fourth-order valence-electron chi connectivity index (χ4n) is 2.77. The summed E-state index contributed by atoms with van der Waals surface area (Å²) in [6.45, 7) is 2.46. The van der Waals surface area contributed by atoms with Crippen molar-refractivity contribution in [1.29, 1.82) is 0 Å². The summed E-state index contributed by atoms with van der Waals surface area (Å²) in [5, 5.41) is 9.48. The lowest BCUT2D eigenvalue weighted by molar-refractivity contribution is 0.144. The minimum Gasteiger partial charge on any atom is -0.395 e. The van der Waals surface area contributed by atoms with E-state index in [1.165, 1.54) is 6.42 Å². The molecule has 0 spiro atoms. The van der Waals surface area contributed by atoms with E-state index < -0.39 is 0 Å². The van der Waals surface area contributed by atoms with Gasteiger partial charge in [-0.3, -0.25) is 0 Å². The van der Waals surface area contributed by atoms with Crippen LogP contribution in [0.5, 0.6) is 0 Å². The SMILES string of the molecule is CCC=CC1(CO)CC2C=CC1C2. The monoisotopic (exact) mass is 178 g/mol. The average Bonchev–Trinajstić information content (AvgIpc) is 2.74. The zero-order valence-corrected chi connectivity index (χ0v) is 8.24. The molecule has 0 aliphatic heterocycles. The maximum atomic E-state index is 9.48. The minimum absolute atomic E-state index is 0.0927. The molecule has 1 saturated carbocycles. The molecule has 1 fully saturated rings. The molecule has 1 heteroatoms. The molecule has 1 N–H and O–H groups in total. The highest BCUT2D eigenvalue weighted by atomic mass is 16.3. The van der Waals surface area contributed by atoms with Crippen molar-refractivity contribution in [2.75, 3.05) is 6.61 Å². The van der Waals surface area contributed by atoms with Gasteiger partial charge in [0.25, 0.3) is 0 Å². The second kappa shape index (κ2) is 3.30. The molecule has 0 radical (unpaired) electrons. The molecule has 3 unspecified atom stereocenters. The molecule has 13 heavy (non-hydrogen) atoms. The summed E-state index contributed by atoms with van der Waals surface area (Å²) in [6.07, 6.45) is 12.5. The van der Waals surface area contributed by atoms with Crippen LogP contribution in [0.3, 0.4) is 0 Å². The number of aliphatic hydroxyl groups is 1. The van der Waals surface area contributed by atoms with Crippen LogP contribution in [0.4, 0.5) is 0 Å². The quantitative estimate of drug-likeness (QED) is 0.658. The smallest absolute Gasteiger partial charge is 0.0527 e. The summed E-state index contributed by atoms with van der Waals surface area (Å²) in [5.41, 5.74) is 0.0927. The van der Waals surface area contributed by atoms with E-state index >= 15 is 0 Å². The number of fused-ring (bicyclic) bond motifs is 2. The van der Waals surface area contributed by atoms with Crippen molar-refractivity contribution in [3.05, 3.63) is 24.3 Å². The van der Waals surface area contributed by atoms with Crippen LogP contribution >= 0.6 is 0 Å². The van der Waals surface area contributed by atoms with Crippen LogP contribution in [-0.2, 0) is 0 Å². The van der Waals surface area contributed by atoms with Crippen LogP contribution < -0.4 is 0 Å². The fraction of sp³-hybridized carbons (Fsp3) is 0.667. The number of hydrogen-bond acceptors (Lipinski definition) is 1. The largest absolute Gasteiger partial charge is 0.395 e. The van der Waals surface area contributed by atoms with Gasteiger partial charge in [0.05, 0.1) is 6.61 Å². The Bertz CT molecular complexity index is 242. The van der Waals surface area contributed by atoms with Crippen LogP contribution in [-0.4, -0.2) is 11.7 Å². The molecule has 0 saturated heterocycles. The molecular weight excluding hydrogens is 160 g/mol. The highest BCUT2D eigenvalue weighted by molar-refractivity contribution is 5.21. The lowest BCUT2D eigenvalue weighted by Gasteiger charge is -2.30. The molecule has 2 aliphatic rings. The highest BCUT2D eigenvalue weighted by Gasteiger charge is 2.45. The third-order valence-electron chi connectivity index (χ3n) is 3.53. The summed E-state index contributed by atoms with van der Waals surface area (Å²) in [7, 11) is 0. The van der Waals surface area contributed by atoms with Crippen molar-refractivity contribution in [1.82, 2.24) is 0 Å². The molecule has 0 aromatic carbocycles. The zero-order valence-electron chi connectivity index (χ0n) is 8.24. The predicted octanol–water partition coefficient (Wildman–Crippen LogP) is 2.53. The van der Waals surface area contributed by atoms with E-state index in [2.05, 4.69) is 31.2 Å². The van der Waals surface area contributed by atoms with Gasteiger partial charge in [-0.05, 0) is 31.1 Å². The second-order valence-electron chi connectivity index (χ2n) is 4.39. The Morgan fingerprint density at radius 1 is 1.54 bits per heavy atom. The maximum absolute atomic E-state index is 9.48. The molecule has 0 aromatic rings. The van der Waals surface area contributed by atoms with Crippen molar-refractivity contribution < 1.29 is 5.11 Å². The molecule has 3 atom stereocenters. The van der Waals surface area contributed by atoms with Gasteiger partial charge >= 0.3 is 0 Å². The number of rotatable bonds is 3. The molecule has 0 amide bonds. The standard InChI is InChI=1S/C12H18O/c1-2-3-6-12(9-13)8-10-4-5-11(12)7-10/h3-6,10-11,13H,2,7-9H2,1H3. The van der Waals surface area contributed by atoms with Gasteiger partial charge in [0.2, 0.25) is 0 Å². The van der Waals surface area contributed by atoms with Gasteiger partial charge in [0, 0.05) is 5.41 Å². The maximum Gasteiger partial charge on any atom is 0.0527 e. The van der Waals surface area contributed by atoms with Crippen LogP contribution in [0.25, 0.3) is 0 Å². The first-order chi connectivity index (χ1) is 6.30. The molecule has 2 rings (SSSR count). The lowest BCUT2D eigenvalue weighted by Crippen LogP contribution is -2.27. The minimum atomic E-state index is 0.0927. The summed E-state index contributed by atoms with van der Waals surface area (Å²) >= 11 is 0. The van der Waals surface area contributed by atoms with Crippen molar-refractivity contribution >= 4 is 0 Å². The van der Waals surface area contributed by atoms with Crippen LogP contribution in [0.1, 0.15) is 26.2 Å². The van der Waals surface area contributed by atoms with E-state index in [1.807, 2.05) is 0 Å². The third-order valence-corrected chi connectivity index (χ3v) is 3.53. The third kappa shape index (κ3) is 1.35.